The predicted octanol–water partition coefficient (Wildman–Crippen LogP) is 1.67. The van der Waals surface area contributed by atoms with Crippen LogP contribution in [0.25, 0.3) is 0 Å². The van der Waals surface area contributed by atoms with Gasteiger partial charge in [0, 0.05) is 47.9 Å². The zero-order valence-electron chi connectivity index (χ0n) is 13.3. The molecular formula is C15H26N4OS. The van der Waals surface area contributed by atoms with E-state index < -0.39 is 10.8 Å². The predicted molar refractivity (Wildman–Crippen MR) is 88.2 cm³/mol. The van der Waals surface area contributed by atoms with E-state index in [0.717, 1.165) is 61.3 Å². The smallest absolute Gasteiger partial charge is 0.131 e. The Balaban J connectivity index is 2.19. The van der Waals surface area contributed by atoms with Crippen molar-refractivity contribution in [3.8, 4) is 0 Å². The van der Waals surface area contributed by atoms with E-state index in [1.165, 1.54) is 0 Å². The van der Waals surface area contributed by atoms with Gasteiger partial charge in [-0.3, -0.25) is 4.21 Å². The largest absolute Gasteiger partial charge is 0.367 e. The molecular weight excluding hydrogens is 284 g/mol. The van der Waals surface area contributed by atoms with Gasteiger partial charge in [-0.05, 0) is 13.0 Å². The minimum absolute atomic E-state index is 0.331. The molecule has 0 amide bonds. The average molecular weight is 310 g/mol. The summed E-state index contributed by atoms with van der Waals surface area (Å²) in [4.78, 5) is 11.5. The molecule has 118 valence electrons. The van der Waals surface area contributed by atoms with Gasteiger partial charge in [0.05, 0.1) is 17.6 Å². The van der Waals surface area contributed by atoms with Crippen molar-refractivity contribution < 1.29 is 4.21 Å². The highest BCUT2D eigenvalue weighted by Crippen LogP contribution is 2.21. The first kappa shape index (κ1) is 16.4. The fourth-order valence-corrected chi connectivity index (χ4v) is 3.41. The average Bonchev–Trinajstić information content (AvgIpc) is 2.48. The Morgan fingerprint density at radius 1 is 1.38 bits per heavy atom. The van der Waals surface area contributed by atoms with Crippen LogP contribution in [0.15, 0.2) is 6.20 Å². The number of nitrogens with zero attached hydrogens (tertiary/aromatic N) is 3. The van der Waals surface area contributed by atoms with Gasteiger partial charge in [0.15, 0.2) is 0 Å². The summed E-state index contributed by atoms with van der Waals surface area (Å²) in [6.45, 7) is 9.81. The quantitative estimate of drug-likeness (QED) is 0.810. The summed E-state index contributed by atoms with van der Waals surface area (Å²) in [5.41, 5.74) is 2.16. The molecule has 0 unspecified atom stereocenters. The second kappa shape index (κ2) is 7.84. The SMILES string of the molecule is CCCNCc1nc(C(C)C)ncc1N1CCS(=O)CC1. The molecule has 1 aromatic rings. The van der Waals surface area contributed by atoms with E-state index in [9.17, 15) is 4.21 Å². The number of anilines is 1. The monoisotopic (exact) mass is 310 g/mol. The normalized spacial score (nSPS) is 16.7. The number of rotatable bonds is 6. The topological polar surface area (TPSA) is 58.1 Å². The van der Waals surface area contributed by atoms with Crippen molar-refractivity contribution in [1.82, 2.24) is 15.3 Å². The highest BCUT2D eigenvalue weighted by atomic mass is 32.2. The lowest BCUT2D eigenvalue weighted by Gasteiger charge is -2.29. The van der Waals surface area contributed by atoms with Crippen LogP contribution in [0, 0.1) is 0 Å². The highest BCUT2D eigenvalue weighted by molar-refractivity contribution is 7.85. The molecule has 1 fully saturated rings. The molecule has 1 aliphatic rings. The van der Waals surface area contributed by atoms with Crippen LogP contribution >= 0.6 is 0 Å². The van der Waals surface area contributed by atoms with Crippen molar-refractivity contribution in [2.24, 2.45) is 0 Å². The lowest BCUT2D eigenvalue weighted by Crippen LogP contribution is -2.39. The van der Waals surface area contributed by atoms with Crippen LogP contribution in [-0.4, -0.2) is 45.3 Å². The number of hydrogen-bond acceptors (Lipinski definition) is 5. The maximum atomic E-state index is 11.5. The van der Waals surface area contributed by atoms with Gasteiger partial charge in [-0.15, -0.1) is 0 Å². The van der Waals surface area contributed by atoms with Crippen molar-refractivity contribution in [3.63, 3.8) is 0 Å². The summed E-state index contributed by atoms with van der Waals surface area (Å²) in [5.74, 6) is 2.71. The Morgan fingerprint density at radius 2 is 2.10 bits per heavy atom. The van der Waals surface area contributed by atoms with Gasteiger partial charge in [0.25, 0.3) is 0 Å². The first-order valence-electron chi connectivity index (χ1n) is 7.78. The molecule has 0 atom stereocenters. The summed E-state index contributed by atoms with van der Waals surface area (Å²) in [6, 6.07) is 0. The fourth-order valence-electron chi connectivity index (χ4n) is 2.36. The van der Waals surface area contributed by atoms with Crippen molar-refractivity contribution in [3.05, 3.63) is 17.7 Å². The molecule has 0 aromatic carbocycles. The van der Waals surface area contributed by atoms with Gasteiger partial charge in [0.2, 0.25) is 0 Å². The first-order chi connectivity index (χ1) is 10.1. The molecule has 0 saturated carbocycles. The maximum absolute atomic E-state index is 11.5. The molecule has 2 rings (SSSR count). The minimum atomic E-state index is -0.658. The Bertz CT molecular complexity index is 483. The summed E-state index contributed by atoms with van der Waals surface area (Å²) >= 11 is 0. The first-order valence-corrected chi connectivity index (χ1v) is 9.27. The molecule has 0 spiro atoms. The van der Waals surface area contributed by atoms with Crippen LogP contribution < -0.4 is 10.2 Å². The number of hydrogen-bond donors (Lipinski definition) is 1. The molecule has 5 nitrogen and oxygen atoms in total. The van der Waals surface area contributed by atoms with Gasteiger partial charge in [-0.2, -0.15) is 0 Å². The third-order valence-corrected chi connectivity index (χ3v) is 4.89. The molecule has 0 aliphatic carbocycles. The van der Waals surface area contributed by atoms with E-state index in [0.29, 0.717) is 5.92 Å². The van der Waals surface area contributed by atoms with E-state index >= 15 is 0 Å². The van der Waals surface area contributed by atoms with Crippen molar-refractivity contribution in [1.29, 1.82) is 0 Å². The molecule has 21 heavy (non-hydrogen) atoms. The van der Waals surface area contributed by atoms with Crippen LogP contribution in [0.2, 0.25) is 0 Å². The molecule has 2 heterocycles. The zero-order chi connectivity index (χ0) is 15.2. The molecule has 1 saturated heterocycles. The van der Waals surface area contributed by atoms with Gasteiger partial charge >= 0.3 is 0 Å². The zero-order valence-corrected chi connectivity index (χ0v) is 14.1. The molecule has 6 heteroatoms. The molecule has 0 radical (unpaired) electrons. The van der Waals surface area contributed by atoms with Crippen LogP contribution in [0.5, 0.6) is 0 Å². The van der Waals surface area contributed by atoms with E-state index in [-0.39, 0.29) is 0 Å². The van der Waals surface area contributed by atoms with Crippen LogP contribution in [0.3, 0.4) is 0 Å². The van der Waals surface area contributed by atoms with E-state index in [4.69, 9.17) is 4.98 Å². The van der Waals surface area contributed by atoms with Crippen LogP contribution in [0.1, 0.15) is 44.6 Å². The van der Waals surface area contributed by atoms with Gasteiger partial charge < -0.3 is 10.2 Å². The van der Waals surface area contributed by atoms with Gasteiger partial charge in [-0.25, -0.2) is 9.97 Å². The number of nitrogens with one attached hydrogen (secondary N) is 1. The highest BCUT2D eigenvalue weighted by Gasteiger charge is 2.20. The Kier molecular flexibility index (Phi) is 6.11. The Morgan fingerprint density at radius 3 is 2.71 bits per heavy atom. The third-order valence-electron chi connectivity index (χ3n) is 3.62. The molecule has 1 aromatic heterocycles. The van der Waals surface area contributed by atoms with Crippen molar-refractivity contribution in [2.45, 2.75) is 39.7 Å². The summed E-state index contributed by atoms with van der Waals surface area (Å²) in [5, 5.41) is 3.43. The summed E-state index contributed by atoms with van der Waals surface area (Å²) in [7, 11) is -0.658. The fraction of sp³-hybridized carbons (Fsp3) is 0.733. The Hall–Kier alpha value is -1.01. The van der Waals surface area contributed by atoms with Gasteiger partial charge in [-0.1, -0.05) is 20.8 Å². The summed E-state index contributed by atoms with van der Waals surface area (Å²) < 4.78 is 11.5. The third kappa shape index (κ3) is 4.48. The summed E-state index contributed by atoms with van der Waals surface area (Å²) in [6.07, 6.45) is 3.06. The number of aromatic nitrogens is 2. The van der Waals surface area contributed by atoms with Crippen molar-refractivity contribution in [2.75, 3.05) is 36.0 Å². The van der Waals surface area contributed by atoms with E-state index in [1.54, 1.807) is 0 Å². The van der Waals surface area contributed by atoms with Crippen LogP contribution in [-0.2, 0) is 17.3 Å². The molecule has 1 N–H and O–H groups in total. The van der Waals surface area contributed by atoms with E-state index in [1.807, 2.05) is 6.20 Å². The lowest BCUT2D eigenvalue weighted by atomic mass is 10.2. The lowest BCUT2D eigenvalue weighted by molar-refractivity contribution is 0.645. The molecule has 1 aliphatic heterocycles. The van der Waals surface area contributed by atoms with Crippen LogP contribution in [0.4, 0.5) is 5.69 Å². The Labute approximate surface area is 130 Å². The van der Waals surface area contributed by atoms with Gasteiger partial charge in [0.1, 0.15) is 5.82 Å². The second-order valence-electron chi connectivity index (χ2n) is 5.73. The minimum Gasteiger partial charge on any atom is -0.367 e. The maximum Gasteiger partial charge on any atom is 0.131 e. The second-order valence-corrected chi connectivity index (χ2v) is 7.42. The molecule has 0 bridgehead atoms. The standard InChI is InChI=1S/C15H26N4OS/c1-4-5-16-10-13-14(11-17-15(18-13)12(2)3)19-6-8-21(20)9-7-19/h11-12,16H,4-10H2,1-3H3. The van der Waals surface area contributed by atoms with Crippen molar-refractivity contribution >= 4 is 16.5 Å². The van der Waals surface area contributed by atoms with E-state index in [2.05, 4.69) is 36.0 Å².